The fraction of sp³-hybridized carbons (Fsp3) is 0.500. The van der Waals surface area contributed by atoms with Crippen LogP contribution in [-0.2, 0) is 13.0 Å². The first-order chi connectivity index (χ1) is 13.6. The van der Waals surface area contributed by atoms with Crippen molar-refractivity contribution < 1.29 is 14.3 Å². The highest BCUT2D eigenvalue weighted by molar-refractivity contribution is 9.10. The highest BCUT2D eigenvalue weighted by Gasteiger charge is 2.29. The van der Waals surface area contributed by atoms with E-state index in [0.717, 1.165) is 60.4 Å². The molecule has 5 nitrogen and oxygen atoms in total. The molecule has 0 N–H and O–H groups in total. The Balaban J connectivity index is 1.72. The number of hydrogen-bond donors (Lipinski definition) is 0. The quantitative estimate of drug-likeness (QED) is 0.603. The Hall–Kier alpha value is -1.95. The van der Waals surface area contributed by atoms with Crippen molar-refractivity contribution in [2.45, 2.75) is 51.6 Å². The molecule has 28 heavy (non-hydrogen) atoms. The highest BCUT2D eigenvalue weighted by Crippen LogP contribution is 2.30. The molecule has 1 aliphatic rings. The third-order valence-corrected chi connectivity index (χ3v) is 5.96. The van der Waals surface area contributed by atoms with Gasteiger partial charge in [0.1, 0.15) is 5.69 Å². The van der Waals surface area contributed by atoms with E-state index in [4.69, 9.17) is 9.47 Å². The van der Waals surface area contributed by atoms with Crippen LogP contribution < -0.4 is 9.47 Å². The van der Waals surface area contributed by atoms with Crippen LogP contribution >= 0.6 is 15.9 Å². The Kier molecular flexibility index (Phi) is 7.05. The molecule has 1 aliphatic heterocycles. The number of piperidine rings is 1. The van der Waals surface area contributed by atoms with Gasteiger partial charge in [-0.25, -0.2) is 0 Å². The van der Waals surface area contributed by atoms with Crippen LogP contribution in [0.15, 0.2) is 34.9 Å². The Labute approximate surface area is 175 Å². The van der Waals surface area contributed by atoms with Crippen molar-refractivity contribution in [2.75, 3.05) is 20.8 Å². The van der Waals surface area contributed by atoms with Crippen LogP contribution in [0.2, 0.25) is 0 Å². The third-order valence-electron chi connectivity index (χ3n) is 5.53. The zero-order chi connectivity index (χ0) is 20.1. The number of hydrogen-bond acceptors (Lipinski definition) is 3. The fourth-order valence-electron chi connectivity index (χ4n) is 4.00. The standard InChI is InChI=1S/C22H29BrN2O3/c1-4-24-15-17(23)14-19(24)22(26)25-12-6-5-7-18(25)10-8-16-9-11-20(27-2)21(13-16)28-3/h9,11,13-15,18H,4-8,10,12H2,1-3H3. The van der Waals surface area contributed by atoms with Gasteiger partial charge in [0.25, 0.3) is 5.91 Å². The van der Waals surface area contributed by atoms with Gasteiger partial charge < -0.3 is 18.9 Å². The molecule has 2 aromatic rings. The molecule has 0 bridgehead atoms. The minimum Gasteiger partial charge on any atom is -0.493 e. The van der Waals surface area contributed by atoms with E-state index in [1.54, 1.807) is 14.2 Å². The Morgan fingerprint density at radius 1 is 1.18 bits per heavy atom. The van der Waals surface area contributed by atoms with Gasteiger partial charge in [-0.15, -0.1) is 0 Å². The van der Waals surface area contributed by atoms with Crippen LogP contribution in [0.5, 0.6) is 11.5 Å². The van der Waals surface area contributed by atoms with Gasteiger partial charge in [0, 0.05) is 29.8 Å². The second kappa shape index (κ2) is 9.50. The van der Waals surface area contributed by atoms with E-state index >= 15 is 0 Å². The van der Waals surface area contributed by atoms with Crippen molar-refractivity contribution in [1.82, 2.24) is 9.47 Å². The number of benzene rings is 1. The predicted octanol–water partition coefficient (Wildman–Crippen LogP) is 4.92. The van der Waals surface area contributed by atoms with Crippen LogP contribution in [0.25, 0.3) is 0 Å². The number of ether oxygens (including phenoxy) is 2. The number of carbonyl (C=O) groups excluding carboxylic acids is 1. The topological polar surface area (TPSA) is 43.7 Å². The Morgan fingerprint density at radius 2 is 1.96 bits per heavy atom. The number of methoxy groups -OCH3 is 2. The second-order valence-corrected chi connectivity index (χ2v) is 8.12. The maximum atomic E-state index is 13.2. The summed E-state index contributed by atoms with van der Waals surface area (Å²) < 4.78 is 13.7. The zero-order valence-electron chi connectivity index (χ0n) is 16.9. The fourth-order valence-corrected chi connectivity index (χ4v) is 4.46. The summed E-state index contributed by atoms with van der Waals surface area (Å²) >= 11 is 3.50. The number of likely N-dealkylation sites (tertiary alicyclic amines) is 1. The van der Waals surface area contributed by atoms with Crippen molar-refractivity contribution >= 4 is 21.8 Å². The molecule has 1 fully saturated rings. The second-order valence-electron chi connectivity index (χ2n) is 7.21. The molecule has 152 valence electrons. The summed E-state index contributed by atoms with van der Waals surface area (Å²) in [5.74, 6) is 1.64. The molecule has 0 radical (unpaired) electrons. The summed E-state index contributed by atoms with van der Waals surface area (Å²) in [5, 5.41) is 0. The lowest BCUT2D eigenvalue weighted by Crippen LogP contribution is -2.44. The van der Waals surface area contributed by atoms with Gasteiger partial charge in [-0.2, -0.15) is 0 Å². The maximum absolute atomic E-state index is 13.2. The molecule has 1 amide bonds. The minimum absolute atomic E-state index is 0.143. The van der Waals surface area contributed by atoms with E-state index in [9.17, 15) is 4.79 Å². The van der Waals surface area contributed by atoms with Crippen molar-refractivity contribution in [2.24, 2.45) is 0 Å². The molecule has 1 aromatic carbocycles. The van der Waals surface area contributed by atoms with E-state index in [1.807, 2.05) is 29.0 Å². The lowest BCUT2D eigenvalue weighted by atomic mass is 9.95. The number of carbonyl (C=O) groups is 1. The van der Waals surface area contributed by atoms with Gasteiger partial charge in [-0.1, -0.05) is 6.07 Å². The largest absolute Gasteiger partial charge is 0.493 e. The molecule has 6 heteroatoms. The lowest BCUT2D eigenvalue weighted by Gasteiger charge is -2.36. The average molecular weight is 449 g/mol. The number of aromatic nitrogens is 1. The smallest absolute Gasteiger partial charge is 0.270 e. The summed E-state index contributed by atoms with van der Waals surface area (Å²) in [6.07, 6.45) is 7.16. The minimum atomic E-state index is 0.143. The van der Waals surface area contributed by atoms with Crippen molar-refractivity contribution in [1.29, 1.82) is 0 Å². The Morgan fingerprint density at radius 3 is 2.68 bits per heavy atom. The normalized spacial score (nSPS) is 16.9. The monoisotopic (exact) mass is 448 g/mol. The van der Waals surface area contributed by atoms with Gasteiger partial charge in [-0.05, 0) is 78.7 Å². The molecule has 3 rings (SSSR count). The first-order valence-electron chi connectivity index (χ1n) is 9.95. The van der Waals surface area contributed by atoms with Gasteiger partial charge in [-0.3, -0.25) is 4.79 Å². The van der Waals surface area contributed by atoms with E-state index in [2.05, 4.69) is 33.8 Å². The SMILES string of the molecule is CCn1cc(Br)cc1C(=O)N1CCCCC1CCc1ccc(OC)c(OC)c1. The molecule has 1 atom stereocenters. The van der Waals surface area contributed by atoms with Gasteiger partial charge in [0.2, 0.25) is 0 Å². The average Bonchev–Trinajstić information content (AvgIpc) is 3.12. The first kappa shape index (κ1) is 20.8. The van der Waals surface area contributed by atoms with Crippen LogP contribution in [0, 0.1) is 0 Å². The van der Waals surface area contributed by atoms with Crippen LogP contribution in [0.1, 0.15) is 48.7 Å². The molecule has 0 aliphatic carbocycles. The molecule has 1 aromatic heterocycles. The van der Waals surface area contributed by atoms with Crippen LogP contribution in [0.3, 0.4) is 0 Å². The van der Waals surface area contributed by atoms with Gasteiger partial charge in [0.05, 0.1) is 14.2 Å². The van der Waals surface area contributed by atoms with Crippen LogP contribution in [0.4, 0.5) is 0 Å². The van der Waals surface area contributed by atoms with Crippen molar-refractivity contribution in [3.63, 3.8) is 0 Å². The molecule has 1 unspecified atom stereocenters. The molecule has 0 spiro atoms. The van der Waals surface area contributed by atoms with E-state index < -0.39 is 0 Å². The molecule has 1 saturated heterocycles. The van der Waals surface area contributed by atoms with Crippen LogP contribution in [-0.4, -0.2) is 42.2 Å². The highest BCUT2D eigenvalue weighted by atomic mass is 79.9. The lowest BCUT2D eigenvalue weighted by molar-refractivity contribution is 0.0591. The molecule has 0 saturated carbocycles. The summed E-state index contributed by atoms with van der Waals surface area (Å²) in [7, 11) is 3.30. The van der Waals surface area contributed by atoms with Crippen molar-refractivity contribution in [3.8, 4) is 11.5 Å². The van der Waals surface area contributed by atoms with Crippen molar-refractivity contribution in [3.05, 3.63) is 46.2 Å². The summed E-state index contributed by atoms with van der Waals surface area (Å²) in [4.78, 5) is 15.3. The van der Waals surface area contributed by atoms with Gasteiger partial charge >= 0.3 is 0 Å². The first-order valence-corrected chi connectivity index (χ1v) is 10.7. The number of halogens is 1. The number of amides is 1. The van der Waals surface area contributed by atoms with Gasteiger partial charge in [0.15, 0.2) is 11.5 Å². The number of nitrogens with zero attached hydrogens (tertiary/aromatic N) is 2. The van der Waals surface area contributed by atoms with E-state index in [-0.39, 0.29) is 11.9 Å². The van der Waals surface area contributed by atoms with E-state index in [1.165, 1.54) is 12.0 Å². The number of rotatable bonds is 7. The summed E-state index contributed by atoms with van der Waals surface area (Å²) in [6.45, 7) is 3.69. The van der Waals surface area contributed by atoms with E-state index in [0.29, 0.717) is 0 Å². The molecular weight excluding hydrogens is 420 g/mol. The maximum Gasteiger partial charge on any atom is 0.270 e. The zero-order valence-corrected chi connectivity index (χ0v) is 18.5. The molecule has 2 heterocycles. The molecular formula is C22H29BrN2O3. The number of aryl methyl sites for hydroxylation is 2. The Bertz CT molecular complexity index is 818. The predicted molar refractivity (Wildman–Crippen MR) is 114 cm³/mol. The summed E-state index contributed by atoms with van der Waals surface area (Å²) in [6, 6.07) is 8.27. The summed E-state index contributed by atoms with van der Waals surface area (Å²) in [5.41, 5.74) is 1.97. The third kappa shape index (κ3) is 4.54.